The van der Waals surface area contributed by atoms with Gasteiger partial charge in [0.25, 0.3) is 0 Å². The van der Waals surface area contributed by atoms with Gasteiger partial charge in [0, 0.05) is 10.4 Å². The first-order chi connectivity index (χ1) is 9.92. The number of aromatic nitrogens is 2. The highest BCUT2D eigenvalue weighted by Gasteiger charge is 2.19. The van der Waals surface area contributed by atoms with E-state index in [1.807, 2.05) is 27.7 Å². The Hall–Kier alpha value is -1.69. The highest BCUT2D eigenvalue weighted by molar-refractivity contribution is 7.11. The standard InChI is InChI=1S/C15H21N3O2S/c1-6-13(15-16-8(2)11(5)21-15)17-14(19)7-12-9(3)18-20-10(12)4/h13H,6-7H2,1-5H3,(H,17,19)/t13-/m0/s1. The molecule has 5 nitrogen and oxygen atoms in total. The summed E-state index contributed by atoms with van der Waals surface area (Å²) in [5.41, 5.74) is 2.68. The van der Waals surface area contributed by atoms with Gasteiger partial charge in [0.15, 0.2) is 0 Å². The number of rotatable bonds is 5. The first-order valence-electron chi connectivity index (χ1n) is 7.07. The maximum Gasteiger partial charge on any atom is 0.225 e. The van der Waals surface area contributed by atoms with Gasteiger partial charge in [-0.15, -0.1) is 11.3 Å². The van der Waals surface area contributed by atoms with E-state index < -0.39 is 0 Å². The number of hydrogen-bond donors (Lipinski definition) is 1. The third-order valence-corrected chi connectivity index (χ3v) is 4.79. The smallest absolute Gasteiger partial charge is 0.225 e. The number of carbonyl (C=O) groups is 1. The molecule has 0 unspecified atom stereocenters. The number of nitrogens with zero attached hydrogens (tertiary/aromatic N) is 2. The van der Waals surface area contributed by atoms with Crippen molar-refractivity contribution < 1.29 is 9.32 Å². The first-order valence-corrected chi connectivity index (χ1v) is 7.89. The van der Waals surface area contributed by atoms with Gasteiger partial charge in [0.2, 0.25) is 5.91 Å². The number of nitrogens with one attached hydrogen (secondary N) is 1. The summed E-state index contributed by atoms with van der Waals surface area (Å²) in [6.45, 7) is 9.77. The predicted octanol–water partition coefficient (Wildman–Crippen LogP) is 3.17. The lowest BCUT2D eigenvalue weighted by Gasteiger charge is -2.14. The highest BCUT2D eigenvalue weighted by Crippen LogP contribution is 2.25. The van der Waals surface area contributed by atoms with Crippen LogP contribution < -0.4 is 5.32 Å². The molecule has 0 spiro atoms. The van der Waals surface area contributed by atoms with Gasteiger partial charge in [-0.3, -0.25) is 4.79 Å². The highest BCUT2D eigenvalue weighted by atomic mass is 32.1. The molecule has 0 aromatic carbocycles. The Morgan fingerprint density at radius 2 is 2.00 bits per heavy atom. The number of carbonyl (C=O) groups excluding carboxylic acids is 1. The summed E-state index contributed by atoms with van der Waals surface area (Å²) in [5.74, 6) is 0.679. The van der Waals surface area contributed by atoms with E-state index in [1.165, 1.54) is 4.88 Å². The van der Waals surface area contributed by atoms with Crippen molar-refractivity contribution in [1.82, 2.24) is 15.5 Å². The van der Waals surface area contributed by atoms with Crippen molar-refractivity contribution in [2.45, 2.75) is 53.5 Å². The summed E-state index contributed by atoms with van der Waals surface area (Å²) >= 11 is 1.65. The second-order valence-electron chi connectivity index (χ2n) is 5.20. The van der Waals surface area contributed by atoms with Gasteiger partial charge in [0.1, 0.15) is 10.8 Å². The molecule has 1 atom stereocenters. The molecular weight excluding hydrogens is 286 g/mol. The molecule has 0 fully saturated rings. The minimum Gasteiger partial charge on any atom is -0.361 e. The predicted molar refractivity (Wildman–Crippen MR) is 82.4 cm³/mol. The van der Waals surface area contributed by atoms with Crippen molar-refractivity contribution in [3.8, 4) is 0 Å². The van der Waals surface area contributed by atoms with Crippen molar-refractivity contribution in [2.75, 3.05) is 0 Å². The quantitative estimate of drug-likeness (QED) is 0.921. The molecule has 0 aliphatic rings. The molecule has 0 radical (unpaired) electrons. The average molecular weight is 307 g/mol. The van der Waals surface area contributed by atoms with E-state index in [2.05, 4.69) is 22.4 Å². The zero-order valence-electron chi connectivity index (χ0n) is 13.1. The van der Waals surface area contributed by atoms with E-state index in [9.17, 15) is 4.79 Å². The van der Waals surface area contributed by atoms with Gasteiger partial charge in [-0.1, -0.05) is 12.1 Å². The second-order valence-corrected chi connectivity index (χ2v) is 6.44. The topological polar surface area (TPSA) is 68.0 Å². The van der Waals surface area contributed by atoms with E-state index in [1.54, 1.807) is 11.3 Å². The molecule has 2 rings (SSSR count). The summed E-state index contributed by atoms with van der Waals surface area (Å²) in [6, 6.07) is -0.0321. The monoisotopic (exact) mass is 307 g/mol. The van der Waals surface area contributed by atoms with Gasteiger partial charge < -0.3 is 9.84 Å². The van der Waals surface area contributed by atoms with Gasteiger partial charge in [-0.05, 0) is 34.1 Å². The normalized spacial score (nSPS) is 12.4. The molecule has 0 saturated heterocycles. The van der Waals surface area contributed by atoms with Crippen molar-refractivity contribution >= 4 is 17.2 Å². The van der Waals surface area contributed by atoms with E-state index in [0.29, 0.717) is 12.2 Å². The maximum atomic E-state index is 12.2. The first kappa shape index (κ1) is 15.7. The van der Waals surface area contributed by atoms with Crippen molar-refractivity contribution in [3.63, 3.8) is 0 Å². The lowest BCUT2D eigenvalue weighted by atomic mass is 10.1. The third kappa shape index (κ3) is 3.50. The van der Waals surface area contributed by atoms with Crippen LogP contribution in [0.5, 0.6) is 0 Å². The number of amides is 1. The van der Waals surface area contributed by atoms with Crippen molar-refractivity contribution in [1.29, 1.82) is 0 Å². The molecule has 0 aliphatic carbocycles. The number of aryl methyl sites for hydroxylation is 4. The Morgan fingerprint density at radius 1 is 1.29 bits per heavy atom. The van der Waals surface area contributed by atoms with E-state index in [4.69, 9.17) is 4.52 Å². The summed E-state index contributed by atoms with van der Waals surface area (Å²) in [4.78, 5) is 18.0. The molecule has 0 bridgehead atoms. The zero-order valence-corrected chi connectivity index (χ0v) is 13.9. The minimum atomic E-state index is -0.0321. The Kier molecular flexibility index (Phi) is 4.77. The van der Waals surface area contributed by atoms with Crippen LogP contribution in [0.2, 0.25) is 0 Å². The van der Waals surface area contributed by atoms with E-state index in [0.717, 1.165) is 28.4 Å². The van der Waals surface area contributed by atoms with Crippen LogP contribution in [0.4, 0.5) is 0 Å². The Morgan fingerprint density at radius 3 is 2.48 bits per heavy atom. The largest absolute Gasteiger partial charge is 0.361 e. The van der Waals surface area contributed by atoms with E-state index in [-0.39, 0.29) is 11.9 Å². The number of hydrogen-bond acceptors (Lipinski definition) is 5. The van der Waals surface area contributed by atoms with Crippen LogP contribution in [-0.4, -0.2) is 16.0 Å². The molecule has 2 aromatic rings. The third-order valence-electron chi connectivity index (χ3n) is 3.61. The van der Waals surface area contributed by atoms with Crippen molar-refractivity contribution in [2.24, 2.45) is 0 Å². The molecule has 114 valence electrons. The lowest BCUT2D eigenvalue weighted by Crippen LogP contribution is -2.29. The van der Waals surface area contributed by atoms with Crippen LogP contribution in [0, 0.1) is 27.7 Å². The fourth-order valence-corrected chi connectivity index (χ4v) is 3.20. The van der Waals surface area contributed by atoms with Crippen LogP contribution >= 0.6 is 11.3 Å². The van der Waals surface area contributed by atoms with Crippen LogP contribution in [0.15, 0.2) is 4.52 Å². The second kappa shape index (κ2) is 6.39. The van der Waals surface area contributed by atoms with Crippen LogP contribution in [0.1, 0.15) is 52.0 Å². The molecule has 0 saturated carbocycles. The molecule has 1 amide bonds. The molecule has 2 heterocycles. The Bertz CT molecular complexity index is 606. The Balaban J connectivity index is 2.06. The van der Waals surface area contributed by atoms with Gasteiger partial charge >= 0.3 is 0 Å². The van der Waals surface area contributed by atoms with Crippen LogP contribution in [-0.2, 0) is 11.2 Å². The fraction of sp³-hybridized carbons (Fsp3) is 0.533. The van der Waals surface area contributed by atoms with Gasteiger partial charge in [-0.2, -0.15) is 0 Å². The minimum absolute atomic E-state index is 0.0262. The maximum absolute atomic E-state index is 12.2. The SMILES string of the molecule is CC[C@H](NC(=O)Cc1c(C)noc1C)c1nc(C)c(C)s1. The number of thiazole rings is 1. The molecule has 2 aromatic heterocycles. The van der Waals surface area contributed by atoms with Gasteiger partial charge in [-0.25, -0.2) is 4.98 Å². The average Bonchev–Trinajstić information content (AvgIpc) is 2.93. The molecular formula is C15H21N3O2S. The van der Waals surface area contributed by atoms with E-state index >= 15 is 0 Å². The summed E-state index contributed by atoms with van der Waals surface area (Å²) < 4.78 is 5.09. The summed E-state index contributed by atoms with van der Waals surface area (Å²) in [7, 11) is 0. The molecule has 21 heavy (non-hydrogen) atoms. The lowest BCUT2D eigenvalue weighted by molar-refractivity contribution is -0.121. The molecule has 0 aliphatic heterocycles. The molecule has 6 heteroatoms. The van der Waals surface area contributed by atoms with Gasteiger partial charge in [0.05, 0.1) is 23.9 Å². The van der Waals surface area contributed by atoms with Crippen LogP contribution in [0.25, 0.3) is 0 Å². The van der Waals surface area contributed by atoms with Crippen LogP contribution in [0.3, 0.4) is 0 Å². The Labute approximate surface area is 128 Å². The summed E-state index contributed by atoms with van der Waals surface area (Å²) in [5, 5.41) is 7.90. The zero-order chi connectivity index (χ0) is 15.6. The van der Waals surface area contributed by atoms with Crippen molar-refractivity contribution in [3.05, 3.63) is 32.6 Å². The summed E-state index contributed by atoms with van der Waals surface area (Å²) in [6.07, 6.45) is 1.11. The fourth-order valence-electron chi connectivity index (χ4n) is 2.15. The molecule has 1 N–H and O–H groups in total.